The number of hydrogen-bond donors (Lipinski definition) is 1. The van der Waals surface area contributed by atoms with Crippen molar-refractivity contribution in [3.8, 4) is 0 Å². The maximum Gasteiger partial charge on any atom is 0.313 e. The van der Waals surface area contributed by atoms with E-state index in [4.69, 9.17) is 0 Å². The first-order valence-electron chi connectivity index (χ1n) is 7.41. The van der Waals surface area contributed by atoms with Crippen LogP contribution in [0.25, 0.3) is 0 Å². The van der Waals surface area contributed by atoms with E-state index >= 15 is 0 Å². The zero-order chi connectivity index (χ0) is 15.4. The predicted molar refractivity (Wildman–Crippen MR) is 83.2 cm³/mol. The summed E-state index contributed by atoms with van der Waals surface area (Å²) in [4.78, 5) is 28.2. The minimum absolute atomic E-state index is 0.438. The maximum atomic E-state index is 12.2. The molecule has 0 radical (unpaired) electrons. The molecular weight excluding hydrogens is 266 g/mol. The van der Waals surface area contributed by atoms with Gasteiger partial charge in [0.2, 0.25) is 0 Å². The van der Waals surface area contributed by atoms with Crippen molar-refractivity contribution in [2.24, 2.45) is 0 Å². The van der Waals surface area contributed by atoms with Gasteiger partial charge in [0.25, 0.3) is 0 Å². The molecule has 1 fully saturated rings. The molecule has 1 heterocycles. The number of likely N-dealkylation sites (N-methyl/N-ethyl adjacent to an activating group) is 1. The molecule has 0 saturated carbocycles. The van der Waals surface area contributed by atoms with E-state index in [9.17, 15) is 9.59 Å². The van der Waals surface area contributed by atoms with Gasteiger partial charge in [-0.15, -0.1) is 0 Å². The molecule has 0 aromatic heterocycles. The fourth-order valence-electron chi connectivity index (χ4n) is 2.46. The number of aryl methyl sites for hydroxylation is 2. The lowest BCUT2D eigenvalue weighted by molar-refractivity contribution is -0.144. The monoisotopic (exact) mass is 289 g/mol. The smallest absolute Gasteiger partial charge is 0.313 e. The maximum absolute atomic E-state index is 12.2. The van der Waals surface area contributed by atoms with E-state index in [2.05, 4.69) is 17.1 Å². The predicted octanol–water partition coefficient (Wildman–Crippen LogP) is 1.41. The topological polar surface area (TPSA) is 52.7 Å². The highest BCUT2D eigenvalue weighted by Gasteiger charge is 2.25. The summed E-state index contributed by atoms with van der Waals surface area (Å²) < 4.78 is 0. The molecule has 0 bridgehead atoms. The summed E-state index contributed by atoms with van der Waals surface area (Å²) in [6, 6.07) is 5.81. The van der Waals surface area contributed by atoms with Crippen LogP contribution < -0.4 is 5.32 Å². The molecule has 2 amide bonds. The van der Waals surface area contributed by atoms with Crippen LogP contribution >= 0.6 is 0 Å². The van der Waals surface area contributed by atoms with Gasteiger partial charge in [0.05, 0.1) is 0 Å². The molecule has 5 heteroatoms. The number of nitrogens with zero attached hydrogens (tertiary/aromatic N) is 2. The second-order valence-electron chi connectivity index (χ2n) is 5.50. The van der Waals surface area contributed by atoms with Gasteiger partial charge in [0.15, 0.2) is 0 Å². The SMILES string of the molecule is CCN1CCN(C(=O)C(=O)Nc2cc(C)ccc2C)CC1. The molecule has 1 N–H and O–H groups in total. The van der Waals surface area contributed by atoms with Crippen molar-refractivity contribution < 1.29 is 9.59 Å². The van der Waals surface area contributed by atoms with Crippen molar-refractivity contribution in [3.63, 3.8) is 0 Å². The minimum atomic E-state index is -0.548. The molecule has 0 spiro atoms. The molecule has 1 aromatic rings. The van der Waals surface area contributed by atoms with Crippen molar-refractivity contribution in [2.45, 2.75) is 20.8 Å². The summed E-state index contributed by atoms with van der Waals surface area (Å²) in [5.74, 6) is -0.986. The lowest BCUT2D eigenvalue weighted by Gasteiger charge is -2.33. The second kappa shape index (κ2) is 6.72. The van der Waals surface area contributed by atoms with Crippen molar-refractivity contribution in [3.05, 3.63) is 29.3 Å². The van der Waals surface area contributed by atoms with E-state index in [0.29, 0.717) is 18.8 Å². The van der Waals surface area contributed by atoms with Gasteiger partial charge in [-0.05, 0) is 37.6 Å². The standard InChI is InChI=1S/C16H23N3O2/c1-4-18-7-9-19(10-8-18)16(21)15(20)17-14-11-12(2)5-6-13(14)3/h5-6,11H,4,7-10H2,1-3H3,(H,17,20). The Balaban J connectivity index is 1.97. The van der Waals surface area contributed by atoms with Crippen LogP contribution in [-0.4, -0.2) is 54.3 Å². The van der Waals surface area contributed by atoms with Crippen LogP contribution in [0, 0.1) is 13.8 Å². The highest BCUT2D eigenvalue weighted by atomic mass is 16.2. The first kappa shape index (κ1) is 15.5. The lowest BCUT2D eigenvalue weighted by atomic mass is 10.1. The summed E-state index contributed by atoms with van der Waals surface area (Å²) >= 11 is 0. The number of piperazine rings is 1. The summed E-state index contributed by atoms with van der Waals surface area (Å²) in [6.45, 7) is 9.86. The quantitative estimate of drug-likeness (QED) is 0.838. The van der Waals surface area contributed by atoms with Gasteiger partial charge in [0.1, 0.15) is 0 Å². The molecule has 1 aliphatic rings. The average molecular weight is 289 g/mol. The Hall–Kier alpha value is -1.88. The number of carbonyl (C=O) groups is 2. The number of benzene rings is 1. The zero-order valence-electron chi connectivity index (χ0n) is 13.0. The fraction of sp³-hybridized carbons (Fsp3) is 0.500. The van der Waals surface area contributed by atoms with Crippen molar-refractivity contribution in [2.75, 3.05) is 38.0 Å². The molecular formula is C16H23N3O2. The Labute approximate surface area is 125 Å². The number of carbonyl (C=O) groups excluding carboxylic acids is 2. The van der Waals surface area contributed by atoms with Crippen molar-refractivity contribution >= 4 is 17.5 Å². The lowest BCUT2D eigenvalue weighted by Crippen LogP contribution is -2.51. The van der Waals surface area contributed by atoms with Crippen molar-refractivity contribution in [1.29, 1.82) is 0 Å². The average Bonchev–Trinajstić information content (AvgIpc) is 2.50. The first-order chi connectivity index (χ1) is 10.0. The van der Waals surface area contributed by atoms with Crippen LogP contribution in [0.15, 0.2) is 18.2 Å². The molecule has 1 saturated heterocycles. The number of hydrogen-bond acceptors (Lipinski definition) is 3. The van der Waals surface area contributed by atoms with E-state index in [1.807, 2.05) is 32.0 Å². The summed E-state index contributed by atoms with van der Waals surface area (Å²) in [5, 5.41) is 2.73. The Morgan fingerprint density at radius 1 is 1.14 bits per heavy atom. The molecule has 1 aromatic carbocycles. The largest absolute Gasteiger partial charge is 0.332 e. The highest BCUT2D eigenvalue weighted by molar-refractivity contribution is 6.39. The molecule has 21 heavy (non-hydrogen) atoms. The van der Waals surface area contributed by atoms with Gasteiger partial charge in [-0.25, -0.2) is 0 Å². The van der Waals surface area contributed by atoms with Gasteiger partial charge in [-0.3, -0.25) is 9.59 Å². The Morgan fingerprint density at radius 3 is 2.43 bits per heavy atom. The van der Waals surface area contributed by atoms with Gasteiger partial charge in [-0.1, -0.05) is 19.1 Å². The van der Waals surface area contributed by atoms with E-state index in [1.165, 1.54) is 0 Å². The second-order valence-corrected chi connectivity index (χ2v) is 5.50. The van der Waals surface area contributed by atoms with E-state index in [-0.39, 0.29) is 0 Å². The zero-order valence-corrected chi connectivity index (χ0v) is 13.0. The summed E-state index contributed by atoms with van der Waals surface area (Å²) in [6.07, 6.45) is 0. The fourth-order valence-corrected chi connectivity index (χ4v) is 2.46. The Kier molecular flexibility index (Phi) is 4.96. The number of nitrogens with one attached hydrogen (secondary N) is 1. The number of amides is 2. The molecule has 0 aliphatic carbocycles. The number of anilines is 1. The molecule has 0 unspecified atom stereocenters. The molecule has 2 rings (SSSR count). The summed E-state index contributed by atoms with van der Waals surface area (Å²) in [5.41, 5.74) is 2.72. The normalized spacial score (nSPS) is 15.9. The minimum Gasteiger partial charge on any atom is -0.332 e. The third kappa shape index (κ3) is 3.82. The molecule has 0 atom stereocenters. The van der Waals surface area contributed by atoms with E-state index in [0.717, 1.165) is 30.8 Å². The van der Waals surface area contributed by atoms with Gasteiger partial charge in [-0.2, -0.15) is 0 Å². The number of rotatable bonds is 2. The Bertz CT molecular complexity index is 534. The van der Waals surface area contributed by atoms with Gasteiger partial charge >= 0.3 is 11.8 Å². The van der Waals surface area contributed by atoms with Crippen LogP contribution in [0.5, 0.6) is 0 Å². The third-order valence-electron chi connectivity index (χ3n) is 3.94. The van der Waals surface area contributed by atoms with Crippen LogP contribution in [-0.2, 0) is 9.59 Å². The highest BCUT2D eigenvalue weighted by Crippen LogP contribution is 2.16. The van der Waals surface area contributed by atoms with E-state index in [1.54, 1.807) is 4.90 Å². The van der Waals surface area contributed by atoms with Gasteiger partial charge < -0.3 is 15.1 Å². The molecule has 5 nitrogen and oxygen atoms in total. The van der Waals surface area contributed by atoms with E-state index < -0.39 is 11.8 Å². The van der Waals surface area contributed by atoms with Gasteiger partial charge in [0, 0.05) is 31.9 Å². The molecule has 114 valence electrons. The van der Waals surface area contributed by atoms with Crippen LogP contribution in [0.3, 0.4) is 0 Å². The summed E-state index contributed by atoms with van der Waals surface area (Å²) in [7, 11) is 0. The Morgan fingerprint density at radius 2 is 1.81 bits per heavy atom. The van der Waals surface area contributed by atoms with Crippen LogP contribution in [0.1, 0.15) is 18.1 Å². The van der Waals surface area contributed by atoms with Crippen LogP contribution in [0.4, 0.5) is 5.69 Å². The molecule has 1 aliphatic heterocycles. The van der Waals surface area contributed by atoms with Crippen molar-refractivity contribution in [1.82, 2.24) is 9.80 Å². The first-order valence-corrected chi connectivity index (χ1v) is 7.41. The van der Waals surface area contributed by atoms with Crippen LogP contribution in [0.2, 0.25) is 0 Å². The third-order valence-corrected chi connectivity index (χ3v) is 3.94.